The molecule has 0 fully saturated rings. The molecule has 2 N–H and O–H groups in total. The molecule has 0 aliphatic carbocycles. The molecule has 0 spiro atoms. The van der Waals surface area contributed by atoms with Gasteiger partial charge in [0.15, 0.2) is 5.96 Å². The Bertz CT molecular complexity index is 622. The van der Waals surface area contributed by atoms with Crippen LogP contribution in [0.1, 0.15) is 18.9 Å². The highest BCUT2D eigenvalue weighted by atomic mass is 127. The van der Waals surface area contributed by atoms with Crippen LogP contribution in [0.3, 0.4) is 0 Å². The zero-order chi connectivity index (χ0) is 17.9. The maximum absolute atomic E-state index is 4.62. The Morgan fingerprint density at radius 1 is 1.19 bits per heavy atom. The molecule has 0 unspecified atom stereocenters. The predicted octanol–water partition coefficient (Wildman–Crippen LogP) is 2.54. The van der Waals surface area contributed by atoms with Crippen LogP contribution in [-0.4, -0.2) is 60.9 Å². The second-order valence-corrected chi connectivity index (χ2v) is 6.21. The van der Waals surface area contributed by atoms with Gasteiger partial charge in [-0.1, -0.05) is 12.1 Å². The number of aliphatic imine (C=N–C) groups is 1. The first-order valence-corrected chi connectivity index (χ1v) is 8.95. The van der Waals surface area contributed by atoms with Crippen LogP contribution in [0.2, 0.25) is 0 Å². The molecule has 6 nitrogen and oxygen atoms in total. The van der Waals surface area contributed by atoms with E-state index in [1.54, 1.807) is 6.20 Å². The van der Waals surface area contributed by atoms with Crippen LogP contribution in [0.15, 0.2) is 47.7 Å². The molecule has 0 saturated carbocycles. The van der Waals surface area contributed by atoms with Gasteiger partial charge < -0.3 is 15.5 Å². The molecule has 1 heterocycles. The number of halogens is 1. The Morgan fingerprint density at radius 2 is 1.96 bits per heavy atom. The van der Waals surface area contributed by atoms with E-state index in [2.05, 4.69) is 70.9 Å². The lowest BCUT2D eigenvalue weighted by Crippen LogP contribution is -2.38. The third-order valence-corrected chi connectivity index (χ3v) is 3.79. The van der Waals surface area contributed by atoms with Gasteiger partial charge in [0.05, 0.1) is 5.69 Å². The summed E-state index contributed by atoms with van der Waals surface area (Å²) >= 11 is 0. The molecule has 0 amide bonds. The molecule has 2 aromatic rings. The molecule has 1 aromatic heterocycles. The molecule has 0 saturated heterocycles. The molecule has 2 rings (SSSR count). The van der Waals surface area contributed by atoms with E-state index in [4.69, 9.17) is 0 Å². The Hall–Kier alpha value is -1.61. The minimum atomic E-state index is 0. The van der Waals surface area contributed by atoms with Crippen LogP contribution in [-0.2, 0) is 6.42 Å². The quantitative estimate of drug-likeness (QED) is 0.256. The molecule has 0 aliphatic heterocycles. The maximum Gasteiger partial charge on any atom is 0.191 e. The van der Waals surface area contributed by atoms with Gasteiger partial charge in [0.2, 0.25) is 0 Å². The van der Waals surface area contributed by atoms with Crippen molar-refractivity contribution in [3.8, 4) is 5.69 Å². The van der Waals surface area contributed by atoms with Crippen molar-refractivity contribution in [2.24, 2.45) is 4.99 Å². The molecule has 0 bridgehead atoms. The lowest BCUT2D eigenvalue weighted by atomic mass is 10.1. The van der Waals surface area contributed by atoms with E-state index >= 15 is 0 Å². The normalized spacial score (nSPS) is 11.3. The smallest absolute Gasteiger partial charge is 0.191 e. The molecular formula is C19H31IN6. The number of nitrogens with one attached hydrogen (secondary N) is 2. The Labute approximate surface area is 174 Å². The Kier molecular flexibility index (Phi) is 11.0. The minimum Gasteiger partial charge on any atom is -0.357 e. The van der Waals surface area contributed by atoms with Crippen LogP contribution >= 0.6 is 24.0 Å². The fourth-order valence-electron chi connectivity index (χ4n) is 2.48. The van der Waals surface area contributed by atoms with Crippen molar-refractivity contribution in [2.75, 3.05) is 40.3 Å². The lowest BCUT2D eigenvalue weighted by molar-refractivity contribution is 0.403. The maximum atomic E-state index is 4.62. The fourth-order valence-corrected chi connectivity index (χ4v) is 2.48. The zero-order valence-electron chi connectivity index (χ0n) is 16.0. The summed E-state index contributed by atoms with van der Waals surface area (Å²) in [6, 6.07) is 10.4. The number of aromatic nitrogens is 2. The van der Waals surface area contributed by atoms with E-state index in [0.717, 1.165) is 50.7 Å². The van der Waals surface area contributed by atoms with Gasteiger partial charge in [-0.25, -0.2) is 4.68 Å². The van der Waals surface area contributed by atoms with Gasteiger partial charge in [0.25, 0.3) is 0 Å². The molecular weight excluding hydrogens is 439 g/mol. The number of hydrogen-bond acceptors (Lipinski definition) is 3. The highest BCUT2D eigenvalue weighted by Gasteiger charge is 2.00. The second-order valence-electron chi connectivity index (χ2n) is 6.21. The monoisotopic (exact) mass is 470 g/mol. The number of benzene rings is 1. The van der Waals surface area contributed by atoms with E-state index in [0.29, 0.717) is 0 Å². The summed E-state index contributed by atoms with van der Waals surface area (Å²) in [5, 5.41) is 11.0. The van der Waals surface area contributed by atoms with E-state index in [9.17, 15) is 0 Å². The molecule has 0 atom stereocenters. The van der Waals surface area contributed by atoms with Crippen LogP contribution in [0, 0.1) is 0 Å². The zero-order valence-corrected chi connectivity index (χ0v) is 18.3. The summed E-state index contributed by atoms with van der Waals surface area (Å²) in [5.74, 6) is 0.898. The van der Waals surface area contributed by atoms with Crippen LogP contribution in [0.25, 0.3) is 5.69 Å². The SMILES string of the molecule is CCNC(=NCCCN(C)C)NCCc1ccc(-n2cccn2)cc1.I. The standard InChI is InChI=1S/C19H30N6.HI/c1-4-20-19(21-12-5-15-24(2)3)22-14-11-17-7-9-18(10-8-17)25-16-6-13-23-25;/h6-10,13,16H,4-5,11-12,14-15H2,1-3H3,(H2,20,21,22);1H. The van der Waals surface area contributed by atoms with Crippen molar-refractivity contribution in [1.82, 2.24) is 25.3 Å². The summed E-state index contributed by atoms with van der Waals surface area (Å²) < 4.78 is 1.87. The fraction of sp³-hybridized carbons (Fsp3) is 0.474. The van der Waals surface area contributed by atoms with Gasteiger partial charge in [-0.3, -0.25) is 4.99 Å². The van der Waals surface area contributed by atoms with Gasteiger partial charge in [0, 0.05) is 32.0 Å². The first kappa shape index (κ1) is 22.4. The predicted molar refractivity (Wildman–Crippen MR) is 120 cm³/mol. The summed E-state index contributed by atoms with van der Waals surface area (Å²) in [6.45, 7) is 5.72. The number of rotatable bonds is 9. The van der Waals surface area contributed by atoms with E-state index in [-0.39, 0.29) is 24.0 Å². The van der Waals surface area contributed by atoms with Crippen molar-refractivity contribution in [2.45, 2.75) is 19.8 Å². The summed E-state index contributed by atoms with van der Waals surface area (Å²) in [4.78, 5) is 6.80. The number of nitrogens with zero attached hydrogens (tertiary/aromatic N) is 4. The van der Waals surface area contributed by atoms with E-state index in [1.807, 2.05) is 16.9 Å². The molecule has 144 valence electrons. The summed E-state index contributed by atoms with van der Waals surface area (Å²) in [5.41, 5.74) is 2.38. The van der Waals surface area contributed by atoms with Crippen molar-refractivity contribution in [1.29, 1.82) is 0 Å². The Morgan fingerprint density at radius 3 is 2.58 bits per heavy atom. The van der Waals surface area contributed by atoms with Gasteiger partial charge in [0.1, 0.15) is 0 Å². The summed E-state index contributed by atoms with van der Waals surface area (Å²) in [7, 11) is 4.18. The molecule has 1 aromatic carbocycles. The van der Waals surface area contributed by atoms with Crippen LogP contribution < -0.4 is 10.6 Å². The third-order valence-electron chi connectivity index (χ3n) is 3.79. The number of hydrogen-bond donors (Lipinski definition) is 2. The van der Waals surface area contributed by atoms with Crippen LogP contribution in [0.5, 0.6) is 0 Å². The average molecular weight is 470 g/mol. The van der Waals surface area contributed by atoms with Crippen molar-refractivity contribution < 1.29 is 0 Å². The highest BCUT2D eigenvalue weighted by molar-refractivity contribution is 14.0. The van der Waals surface area contributed by atoms with Gasteiger partial charge in [-0.15, -0.1) is 24.0 Å². The highest BCUT2D eigenvalue weighted by Crippen LogP contribution is 2.08. The number of guanidine groups is 1. The van der Waals surface area contributed by atoms with E-state index < -0.39 is 0 Å². The van der Waals surface area contributed by atoms with Gasteiger partial charge in [-0.2, -0.15) is 5.10 Å². The topological polar surface area (TPSA) is 57.5 Å². The van der Waals surface area contributed by atoms with Crippen molar-refractivity contribution >= 4 is 29.9 Å². The minimum absolute atomic E-state index is 0. The first-order valence-electron chi connectivity index (χ1n) is 8.95. The molecule has 0 aliphatic rings. The van der Waals surface area contributed by atoms with Crippen molar-refractivity contribution in [3.05, 3.63) is 48.3 Å². The largest absolute Gasteiger partial charge is 0.357 e. The van der Waals surface area contributed by atoms with Crippen molar-refractivity contribution in [3.63, 3.8) is 0 Å². The first-order chi connectivity index (χ1) is 12.2. The van der Waals surface area contributed by atoms with Crippen LogP contribution in [0.4, 0.5) is 0 Å². The summed E-state index contributed by atoms with van der Waals surface area (Å²) in [6.07, 6.45) is 5.77. The molecule has 0 radical (unpaired) electrons. The van der Waals surface area contributed by atoms with E-state index in [1.165, 1.54) is 5.56 Å². The second kappa shape index (κ2) is 12.7. The molecule has 7 heteroatoms. The average Bonchev–Trinajstić information content (AvgIpc) is 3.13. The van der Waals surface area contributed by atoms with Gasteiger partial charge >= 0.3 is 0 Å². The third kappa shape index (κ3) is 8.18. The Balaban J connectivity index is 0.00000338. The van der Waals surface area contributed by atoms with Gasteiger partial charge in [-0.05, 0) is 64.2 Å². The lowest BCUT2D eigenvalue weighted by Gasteiger charge is -2.12. The molecule has 26 heavy (non-hydrogen) atoms.